The van der Waals surface area contributed by atoms with Crippen molar-refractivity contribution in [1.29, 1.82) is 0 Å². The molecule has 2 atom stereocenters. The summed E-state index contributed by atoms with van der Waals surface area (Å²) in [5, 5.41) is 14.6. The Kier molecular flexibility index (Phi) is 4.43. The van der Waals surface area contributed by atoms with Crippen molar-refractivity contribution in [3.63, 3.8) is 0 Å². The zero-order valence-electron chi connectivity index (χ0n) is 19.1. The fraction of sp³-hybridized carbons (Fsp3) is 0.375. The minimum atomic E-state index is -1.06. The summed E-state index contributed by atoms with van der Waals surface area (Å²) in [6.45, 7) is 6.29. The third-order valence-electron chi connectivity index (χ3n) is 8.40. The number of nitrogens with one attached hydrogen (secondary N) is 1. The number of ether oxygens (including phenoxy) is 2. The maximum atomic E-state index is 14.1. The van der Waals surface area contributed by atoms with Crippen LogP contribution in [0.15, 0.2) is 24.3 Å². The number of halogens is 2. The van der Waals surface area contributed by atoms with Gasteiger partial charge in [-0.15, -0.1) is 0 Å². The van der Waals surface area contributed by atoms with Crippen LogP contribution in [0.2, 0.25) is 10.0 Å². The van der Waals surface area contributed by atoms with Gasteiger partial charge in [0.25, 0.3) is 5.69 Å². The van der Waals surface area contributed by atoms with Gasteiger partial charge in [0, 0.05) is 23.6 Å². The Hall–Kier alpha value is -3.17. The molecule has 6 rings (SSSR count). The molecule has 1 N–H and O–H groups in total. The maximum Gasteiger partial charge on any atom is 0.294 e. The molecule has 1 amide bonds. The molecule has 3 aromatic rings. The van der Waals surface area contributed by atoms with Gasteiger partial charge in [-0.25, -0.2) is 9.97 Å². The lowest BCUT2D eigenvalue weighted by atomic mass is 9.63. The first-order chi connectivity index (χ1) is 16.5. The van der Waals surface area contributed by atoms with Crippen LogP contribution in [0.5, 0.6) is 11.5 Å². The smallest absolute Gasteiger partial charge is 0.294 e. The molecule has 0 radical (unpaired) electrons. The molecule has 0 spiro atoms. The van der Waals surface area contributed by atoms with Crippen molar-refractivity contribution in [2.45, 2.75) is 44.4 Å². The highest BCUT2D eigenvalue weighted by Gasteiger charge is 2.73. The summed E-state index contributed by atoms with van der Waals surface area (Å²) in [4.78, 5) is 35.1. The lowest BCUT2D eigenvalue weighted by molar-refractivity contribution is -0.383. The van der Waals surface area contributed by atoms with Crippen molar-refractivity contribution in [2.75, 3.05) is 12.1 Å². The molecule has 180 valence electrons. The average molecular weight is 515 g/mol. The number of aromatic nitrogens is 2. The largest absolute Gasteiger partial charge is 0.454 e. The molecule has 1 fully saturated rings. The molecular formula is C24H20Cl2N4O5. The van der Waals surface area contributed by atoms with Crippen LogP contribution >= 0.6 is 23.2 Å². The highest BCUT2D eigenvalue weighted by molar-refractivity contribution is 6.42. The standard InChI is InChI=1S/C24H20Cl2N4O5/c1-22(2)23(3)4-5-24(22,21(31)29-15-6-11(25)12(26)7-16(15)30(32)33)20-19(23)27-13-8-17-18(35-10-34-17)9-14(13)28-20/h6-9H,4-5,10H2,1-3H3,(H,29,31). The number of carbonyl (C=O) groups is 1. The van der Waals surface area contributed by atoms with Crippen LogP contribution in [0, 0.1) is 15.5 Å². The number of nitrogens with zero attached hydrogens (tertiary/aromatic N) is 3. The van der Waals surface area contributed by atoms with E-state index in [4.69, 9.17) is 42.6 Å². The predicted octanol–water partition coefficient (Wildman–Crippen LogP) is 5.54. The molecule has 2 aromatic carbocycles. The summed E-state index contributed by atoms with van der Waals surface area (Å²) >= 11 is 12.1. The molecule has 9 nitrogen and oxygen atoms in total. The van der Waals surface area contributed by atoms with E-state index in [-0.39, 0.29) is 34.1 Å². The van der Waals surface area contributed by atoms with Gasteiger partial charge in [0.2, 0.25) is 12.7 Å². The van der Waals surface area contributed by atoms with Crippen molar-refractivity contribution < 1.29 is 19.2 Å². The zero-order valence-corrected chi connectivity index (χ0v) is 20.6. The molecule has 35 heavy (non-hydrogen) atoms. The van der Waals surface area contributed by atoms with E-state index in [1.165, 1.54) is 6.07 Å². The van der Waals surface area contributed by atoms with Gasteiger partial charge in [0.15, 0.2) is 11.5 Å². The van der Waals surface area contributed by atoms with Gasteiger partial charge < -0.3 is 14.8 Å². The molecular weight excluding hydrogens is 495 g/mol. The van der Waals surface area contributed by atoms with Crippen LogP contribution < -0.4 is 14.8 Å². The molecule has 2 unspecified atom stereocenters. The van der Waals surface area contributed by atoms with Crippen LogP contribution in [-0.4, -0.2) is 27.6 Å². The van der Waals surface area contributed by atoms with Crippen LogP contribution in [0.4, 0.5) is 11.4 Å². The molecule has 1 aromatic heterocycles. The van der Waals surface area contributed by atoms with Crippen LogP contribution in [0.25, 0.3) is 11.0 Å². The third kappa shape index (κ3) is 2.68. The van der Waals surface area contributed by atoms with Crippen LogP contribution in [-0.2, 0) is 15.6 Å². The van der Waals surface area contributed by atoms with Crippen molar-refractivity contribution in [3.05, 3.63) is 55.8 Å². The number of anilines is 1. The molecule has 2 aliphatic carbocycles. The Balaban J connectivity index is 1.53. The monoisotopic (exact) mass is 514 g/mol. The first-order valence-electron chi connectivity index (χ1n) is 11.1. The topological polar surface area (TPSA) is 116 Å². The Morgan fingerprint density at radius 3 is 2.23 bits per heavy atom. The van der Waals surface area contributed by atoms with Gasteiger partial charge in [0.1, 0.15) is 5.69 Å². The Morgan fingerprint density at radius 2 is 1.60 bits per heavy atom. The average Bonchev–Trinajstić information content (AvgIpc) is 3.37. The third-order valence-corrected chi connectivity index (χ3v) is 9.13. The summed E-state index contributed by atoms with van der Waals surface area (Å²) < 4.78 is 11.0. The summed E-state index contributed by atoms with van der Waals surface area (Å²) in [7, 11) is 0. The Bertz CT molecular complexity index is 1490. The van der Waals surface area contributed by atoms with E-state index in [1.54, 1.807) is 12.1 Å². The van der Waals surface area contributed by atoms with E-state index < -0.39 is 21.2 Å². The number of hydrogen-bond donors (Lipinski definition) is 1. The SMILES string of the molecule is CC12CCC(C(=O)Nc3cc(Cl)c(Cl)cc3[N+](=O)[O-])(c3nc4cc5c(cc4nc31)OCO5)C2(C)C. The quantitative estimate of drug-likeness (QED) is 0.360. The number of amides is 1. The molecule has 2 bridgehead atoms. The molecule has 1 aliphatic heterocycles. The van der Waals surface area contributed by atoms with Gasteiger partial charge in [-0.05, 0) is 24.3 Å². The van der Waals surface area contributed by atoms with E-state index in [0.717, 1.165) is 11.8 Å². The maximum absolute atomic E-state index is 14.1. The van der Waals surface area contributed by atoms with Crippen molar-refractivity contribution >= 4 is 51.5 Å². The van der Waals surface area contributed by atoms with Crippen molar-refractivity contribution in [2.24, 2.45) is 5.41 Å². The number of benzene rings is 2. The molecule has 11 heteroatoms. The Labute approximate surface area is 209 Å². The van der Waals surface area contributed by atoms with Crippen molar-refractivity contribution in [3.8, 4) is 11.5 Å². The highest BCUT2D eigenvalue weighted by atomic mass is 35.5. The zero-order chi connectivity index (χ0) is 24.9. The summed E-state index contributed by atoms with van der Waals surface area (Å²) in [6, 6.07) is 6.01. The van der Waals surface area contributed by atoms with Crippen molar-refractivity contribution in [1.82, 2.24) is 9.97 Å². The molecule has 1 saturated carbocycles. The molecule has 3 aliphatic rings. The van der Waals surface area contributed by atoms with E-state index in [0.29, 0.717) is 41.1 Å². The second-order valence-electron chi connectivity index (χ2n) is 9.97. The fourth-order valence-electron chi connectivity index (χ4n) is 6.01. The summed E-state index contributed by atoms with van der Waals surface area (Å²) in [5.41, 5.74) is 0.180. The van der Waals surface area contributed by atoms with E-state index in [1.807, 2.05) is 13.8 Å². The predicted molar refractivity (Wildman–Crippen MR) is 129 cm³/mol. The van der Waals surface area contributed by atoms with E-state index >= 15 is 0 Å². The number of fused-ring (bicyclic) bond motifs is 7. The minimum absolute atomic E-state index is 0.0151. The summed E-state index contributed by atoms with van der Waals surface area (Å²) in [5.74, 6) is 0.796. The number of carbonyl (C=O) groups excluding carboxylic acids is 1. The van der Waals surface area contributed by atoms with Crippen LogP contribution in [0.1, 0.15) is 45.0 Å². The van der Waals surface area contributed by atoms with Crippen LogP contribution in [0.3, 0.4) is 0 Å². The van der Waals surface area contributed by atoms with Gasteiger partial charge in [-0.2, -0.15) is 0 Å². The minimum Gasteiger partial charge on any atom is -0.454 e. The summed E-state index contributed by atoms with van der Waals surface area (Å²) in [6.07, 6.45) is 1.24. The number of nitro benzene ring substituents is 1. The lowest BCUT2D eigenvalue weighted by Gasteiger charge is -2.39. The van der Waals surface area contributed by atoms with Gasteiger partial charge in [-0.1, -0.05) is 44.0 Å². The first kappa shape index (κ1) is 22.3. The van der Waals surface area contributed by atoms with Gasteiger partial charge >= 0.3 is 0 Å². The Morgan fingerprint density at radius 1 is 1.00 bits per heavy atom. The molecule has 0 saturated heterocycles. The van der Waals surface area contributed by atoms with E-state index in [9.17, 15) is 14.9 Å². The van der Waals surface area contributed by atoms with Gasteiger partial charge in [-0.3, -0.25) is 14.9 Å². The lowest BCUT2D eigenvalue weighted by Crippen LogP contribution is -2.48. The molecule has 2 heterocycles. The number of rotatable bonds is 3. The second-order valence-corrected chi connectivity index (χ2v) is 10.8. The fourth-order valence-corrected chi connectivity index (χ4v) is 6.33. The highest BCUT2D eigenvalue weighted by Crippen LogP contribution is 2.70. The number of hydrogen-bond acceptors (Lipinski definition) is 7. The number of nitro groups is 1. The van der Waals surface area contributed by atoms with E-state index in [2.05, 4.69) is 12.2 Å². The normalized spacial score (nSPS) is 25.1. The van der Waals surface area contributed by atoms with Gasteiger partial charge in [0.05, 0.1) is 42.8 Å². The first-order valence-corrected chi connectivity index (χ1v) is 11.8. The second kappa shape index (κ2) is 6.95.